The van der Waals surface area contributed by atoms with Gasteiger partial charge in [0.1, 0.15) is 23.2 Å². The van der Waals surface area contributed by atoms with Crippen LogP contribution in [0.3, 0.4) is 0 Å². The number of hydrogen-bond acceptors (Lipinski definition) is 4. The second-order valence-corrected chi connectivity index (χ2v) is 6.20. The van der Waals surface area contributed by atoms with Crippen LogP contribution in [-0.4, -0.2) is 24.0 Å². The number of thiazole rings is 1. The van der Waals surface area contributed by atoms with E-state index >= 15 is 0 Å². The first-order valence-electron chi connectivity index (χ1n) is 7.85. The SMILES string of the molecule is O=C(Cc1csc(-c2ccccc2)n1)NCCOc1cccc(F)c1. The van der Waals surface area contributed by atoms with Gasteiger partial charge in [-0.1, -0.05) is 36.4 Å². The Bertz CT molecular complexity index is 836. The minimum atomic E-state index is -0.348. The quantitative estimate of drug-likeness (QED) is 0.657. The fourth-order valence-electron chi connectivity index (χ4n) is 2.24. The van der Waals surface area contributed by atoms with Crippen molar-refractivity contribution < 1.29 is 13.9 Å². The first-order chi connectivity index (χ1) is 12.2. The number of carbonyl (C=O) groups is 1. The van der Waals surface area contributed by atoms with Gasteiger partial charge in [-0.3, -0.25) is 4.79 Å². The third-order valence-corrected chi connectivity index (χ3v) is 4.34. The molecule has 0 bridgehead atoms. The molecule has 2 aromatic carbocycles. The number of rotatable bonds is 7. The van der Waals surface area contributed by atoms with Crippen molar-refractivity contribution >= 4 is 17.2 Å². The van der Waals surface area contributed by atoms with Crippen molar-refractivity contribution in [2.24, 2.45) is 0 Å². The smallest absolute Gasteiger partial charge is 0.226 e. The van der Waals surface area contributed by atoms with Gasteiger partial charge in [0.15, 0.2) is 0 Å². The summed E-state index contributed by atoms with van der Waals surface area (Å²) in [6.07, 6.45) is 0.225. The van der Waals surface area contributed by atoms with Crippen LogP contribution >= 0.6 is 11.3 Å². The number of halogens is 1. The van der Waals surface area contributed by atoms with Crippen molar-refractivity contribution in [2.75, 3.05) is 13.2 Å². The number of benzene rings is 2. The lowest BCUT2D eigenvalue weighted by Gasteiger charge is -2.07. The first-order valence-corrected chi connectivity index (χ1v) is 8.73. The Labute approximate surface area is 149 Å². The molecule has 3 aromatic rings. The Morgan fingerprint density at radius 3 is 2.80 bits per heavy atom. The fraction of sp³-hybridized carbons (Fsp3) is 0.158. The minimum Gasteiger partial charge on any atom is -0.492 e. The zero-order chi connectivity index (χ0) is 17.5. The highest BCUT2D eigenvalue weighted by Crippen LogP contribution is 2.23. The van der Waals surface area contributed by atoms with Crippen LogP contribution in [0.25, 0.3) is 10.6 Å². The van der Waals surface area contributed by atoms with Gasteiger partial charge in [-0.15, -0.1) is 11.3 Å². The third kappa shape index (κ3) is 5.12. The molecule has 0 aliphatic carbocycles. The molecule has 4 nitrogen and oxygen atoms in total. The van der Waals surface area contributed by atoms with Crippen molar-refractivity contribution in [3.8, 4) is 16.3 Å². The van der Waals surface area contributed by atoms with Crippen molar-refractivity contribution in [3.63, 3.8) is 0 Å². The van der Waals surface area contributed by atoms with E-state index < -0.39 is 0 Å². The summed E-state index contributed by atoms with van der Waals surface area (Å²) in [5.74, 6) is -0.0201. The van der Waals surface area contributed by atoms with Crippen LogP contribution in [0, 0.1) is 5.82 Å². The van der Waals surface area contributed by atoms with Gasteiger partial charge in [-0.2, -0.15) is 0 Å². The zero-order valence-electron chi connectivity index (χ0n) is 13.4. The molecular formula is C19H17FN2O2S. The molecule has 1 amide bonds. The Kier molecular flexibility index (Phi) is 5.74. The van der Waals surface area contributed by atoms with Crippen LogP contribution in [0.4, 0.5) is 4.39 Å². The molecule has 1 heterocycles. The van der Waals surface area contributed by atoms with Crippen LogP contribution in [0.1, 0.15) is 5.69 Å². The number of nitrogens with one attached hydrogen (secondary N) is 1. The third-order valence-electron chi connectivity index (χ3n) is 3.40. The van der Waals surface area contributed by atoms with E-state index in [0.29, 0.717) is 12.3 Å². The van der Waals surface area contributed by atoms with E-state index in [1.54, 1.807) is 12.1 Å². The maximum absolute atomic E-state index is 13.0. The van der Waals surface area contributed by atoms with Crippen molar-refractivity contribution in [1.82, 2.24) is 10.3 Å². The van der Waals surface area contributed by atoms with E-state index in [-0.39, 0.29) is 24.8 Å². The summed E-state index contributed by atoms with van der Waals surface area (Å²) in [5, 5.41) is 5.57. The summed E-state index contributed by atoms with van der Waals surface area (Å²) in [6, 6.07) is 15.8. The average molecular weight is 356 g/mol. The van der Waals surface area contributed by atoms with Crippen molar-refractivity contribution in [1.29, 1.82) is 0 Å². The molecule has 3 rings (SSSR count). The molecule has 0 fully saturated rings. The van der Waals surface area contributed by atoms with Gasteiger partial charge in [0.05, 0.1) is 18.7 Å². The summed E-state index contributed by atoms with van der Waals surface area (Å²) in [4.78, 5) is 16.5. The van der Waals surface area contributed by atoms with Gasteiger partial charge in [0, 0.05) is 17.0 Å². The second kappa shape index (κ2) is 8.39. The highest BCUT2D eigenvalue weighted by Gasteiger charge is 2.08. The molecule has 25 heavy (non-hydrogen) atoms. The number of hydrogen-bond donors (Lipinski definition) is 1. The average Bonchev–Trinajstić information content (AvgIpc) is 3.08. The van der Waals surface area contributed by atoms with E-state index in [1.165, 1.54) is 23.5 Å². The molecule has 0 spiro atoms. The highest BCUT2D eigenvalue weighted by atomic mass is 32.1. The zero-order valence-corrected chi connectivity index (χ0v) is 14.3. The molecular weight excluding hydrogens is 339 g/mol. The van der Waals surface area contributed by atoms with Crippen LogP contribution < -0.4 is 10.1 Å². The van der Waals surface area contributed by atoms with Crippen molar-refractivity contribution in [3.05, 3.63) is 71.5 Å². The van der Waals surface area contributed by atoms with Gasteiger partial charge in [0.2, 0.25) is 5.91 Å². The van der Waals surface area contributed by atoms with Gasteiger partial charge in [-0.25, -0.2) is 9.37 Å². The van der Waals surface area contributed by atoms with Gasteiger partial charge >= 0.3 is 0 Å². The second-order valence-electron chi connectivity index (χ2n) is 5.34. The van der Waals surface area contributed by atoms with Crippen LogP contribution in [0.2, 0.25) is 0 Å². The minimum absolute atomic E-state index is 0.118. The molecule has 1 aromatic heterocycles. The van der Waals surface area contributed by atoms with E-state index in [1.807, 2.05) is 35.7 Å². The molecule has 0 aliphatic rings. The molecule has 128 valence electrons. The Hall–Kier alpha value is -2.73. The molecule has 6 heteroatoms. The molecule has 0 radical (unpaired) electrons. The van der Waals surface area contributed by atoms with Gasteiger partial charge in [0.25, 0.3) is 0 Å². The van der Waals surface area contributed by atoms with Crippen LogP contribution in [0.5, 0.6) is 5.75 Å². The molecule has 1 N–H and O–H groups in total. The maximum atomic E-state index is 13.0. The van der Waals surface area contributed by atoms with Crippen molar-refractivity contribution in [2.45, 2.75) is 6.42 Å². The van der Waals surface area contributed by atoms with Gasteiger partial charge < -0.3 is 10.1 Å². The molecule has 0 saturated carbocycles. The number of carbonyl (C=O) groups excluding carboxylic acids is 1. The van der Waals surface area contributed by atoms with Crippen LogP contribution in [0.15, 0.2) is 60.0 Å². The summed E-state index contributed by atoms with van der Waals surface area (Å²) >= 11 is 1.52. The maximum Gasteiger partial charge on any atom is 0.226 e. The molecule has 0 saturated heterocycles. The summed E-state index contributed by atoms with van der Waals surface area (Å²) in [5.41, 5.74) is 1.79. The summed E-state index contributed by atoms with van der Waals surface area (Å²) in [7, 11) is 0. The van der Waals surface area contributed by atoms with Gasteiger partial charge in [-0.05, 0) is 12.1 Å². The predicted octanol–water partition coefficient (Wildman–Crippen LogP) is 3.69. The molecule has 0 unspecified atom stereocenters. The molecule has 0 atom stereocenters. The summed E-state index contributed by atoms with van der Waals surface area (Å²) < 4.78 is 18.4. The Morgan fingerprint density at radius 1 is 1.16 bits per heavy atom. The lowest BCUT2D eigenvalue weighted by molar-refractivity contribution is -0.120. The Balaban J connectivity index is 1.43. The monoisotopic (exact) mass is 356 g/mol. The largest absolute Gasteiger partial charge is 0.492 e. The standard InChI is InChI=1S/C19H17FN2O2S/c20-15-7-4-8-17(11-15)24-10-9-21-18(23)12-16-13-25-19(22-16)14-5-2-1-3-6-14/h1-8,11,13H,9-10,12H2,(H,21,23). The predicted molar refractivity (Wildman–Crippen MR) is 96.2 cm³/mol. The topological polar surface area (TPSA) is 51.2 Å². The number of ether oxygens (including phenoxy) is 1. The van der Waals surface area contributed by atoms with E-state index in [2.05, 4.69) is 10.3 Å². The number of aromatic nitrogens is 1. The Morgan fingerprint density at radius 2 is 2.00 bits per heavy atom. The molecule has 0 aliphatic heterocycles. The number of nitrogens with zero attached hydrogens (tertiary/aromatic N) is 1. The summed E-state index contributed by atoms with van der Waals surface area (Å²) in [6.45, 7) is 0.631. The number of amides is 1. The van der Waals surface area contributed by atoms with E-state index in [4.69, 9.17) is 4.74 Å². The highest BCUT2D eigenvalue weighted by molar-refractivity contribution is 7.13. The van der Waals surface area contributed by atoms with E-state index in [0.717, 1.165) is 16.3 Å². The fourth-order valence-corrected chi connectivity index (χ4v) is 3.07. The lowest BCUT2D eigenvalue weighted by atomic mass is 10.2. The normalized spacial score (nSPS) is 10.4. The first kappa shape index (κ1) is 17.1. The van der Waals surface area contributed by atoms with E-state index in [9.17, 15) is 9.18 Å². The lowest BCUT2D eigenvalue weighted by Crippen LogP contribution is -2.29. The van der Waals surface area contributed by atoms with Crippen LogP contribution in [-0.2, 0) is 11.2 Å².